The fourth-order valence-electron chi connectivity index (χ4n) is 4.79. The molecule has 1 saturated heterocycles. The standard InChI is InChI=1S/C29H30ClFN4O4/c1-28(2,3)26(37)39-18-13-17-7-4-5-8-19(17)20(14-18)23-22(31)24-21(15-32-23)25(34-27(30)33-24)35-11-6-9-29(38,16-36)10-12-35/h4-5,7-8,13-15,36,38H,6,9-12,16H2,1-3H3. The molecule has 8 nitrogen and oxygen atoms in total. The van der Waals surface area contributed by atoms with Gasteiger partial charge in [0.1, 0.15) is 22.8 Å². The Morgan fingerprint density at radius 2 is 1.92 bits per heavy atom. The number of aliphatic hydroxyl groups is 2. The molecule has 0 bridgehead atoms. The summed E-state index contributed by atoms with van der Waals surface area (Å²) >= 11 is 6.27. The maximum atomic E-state index is 16.2. The summed E-state index contributed by atoms with van der Waals surface area (Å²) in [4.78, 5) is 27.6. The van der Waals surface area contributed by atoms with E-state index in [0.717, 1.165) is 10.8 Å². The molecule has 0 aliphatic carbocycles. The van der Waals surface area contributed by atoms with E-state index in [1.54, 1.807) is 32.9 Å². The van der Waals surface area contributed by atoms with Gasteiger partial charge in [-0.25, -0.2) is 9.37 Å². The summed E-state index contributed by atoms with van der Waals surface area (Å²) in [5.41, 5.74) is -1.39. The lowest BCUT2D eigenvalue weighted by Crippen LogP contribution is -2.35. The van der Waals surface area contributed by atoms with E-state index in [0.29, 0.717) is 49.1 Å². The van der Waals surface area contributed by atoms with Gasteiger partial charge < -0.3 is 19.8 Å². The first-order valence-electron chi connectivity index (χ1n) is 12.8. The molecule has 4 aromatic rings. The number of esters is 1. The Kier molecular flexibility index (Phi) is 7.17. The monoisotopic (exact) mass is 552 g/mol. The van der Waals surface area contributed by atoms with Crippen LogP contribution in [0.2, 0.25) is 5.28 Å². The Labute approximate surface area is 230 Å². The van der Waals surface area contributed by atoms with Gasteiger partial charge in [-0.1, -0.05) is 24.3 Å². The minimum atomic E-state index is -1.17. The molecule has 5 rings (SSSR count). The number of aliphatic hydroxyl groups excluding tert-OH is 1. The lowest BCUT2D eigenvalue weighted by Gasteiger charge is -2.25. The lowest BCUT2D eigenvalue weighted by molar-refractivity contribution is -0.142. The maximum Gasteiger partial charge on any atom is 0.316 e. The number of anilines is 1. The van der Waals surface area contributed by atoms with Gasteiger partial charge in [0, 0.05) is 24.8 Å². The summed E-state index contributed by atoms with van der Waals surface area (Å²) in [6.07, 6.45) is 2.90. The highest BCUT2D eigenvalue weighted by Crippen LogP contribution is 2.38. The van der Waals surface area contributed by atoms with Crippen LogP contribution in [-0.2, 0) is 4.79 Å². The number of hydrogen-bond acceptors (Lipinski definition) is 8. The smallest absolute Gasteiger partial charge is 0.316 e. The van der Waals surface area contributed by atoms with Crippen molar-refractivity contribution in [3.63, 3.8) is 0 Å². The van der Waals surface area contributed by atoms with E-state index in [4.69, 9.17) is 16.3 Å². The van der Waals surface area contributed by atoms with Gasteiger partial charge in [0.15, 0.2) is 5.82 Å². The average Bonchev–Trinajstić information content (AvgIpc) is 3.10. The van der Waals surface area contributed by atoms with Crippen molar-refractivity contribution in [2.24, 2.45) is 5.41 Å². The van der Waals surface area contributed by atoms with E-state index in [9.17, 15) is 15.0 Å². The first-order chi connectivity index (χ1) is 18.5. The minimum Gasteiger partial charge on any atom is -0.426 e. The summed E-state index contributed by atoms with van der Waals surface area (Å²) in [7, 11) is 0. The number of benzene rings is 2. The van der Waals surface area contributed by atoms with Crippen LogP contribution in [0.25, 0.3) is 32.9 Å². The second-order valence-corrected chi connectivity index (χ2v) is 11.4. The topological polar surface area (TPSA) is 109 Å². The zero-order chi connectivity index (χ0) is 27.9. The SMILES string of the molecule is CC(C)(C)C(=O)Oc1cc(-c2ncc3c(N4CCCC(O)(CO)CC4)nc(Cl)nc3c2F)c2ccccc2c1. The van der Waals surface area contributed by atoms with Crippen LogP contribution in [-0.4, -0.2) is 56.4 Å². The van der Waals surface area contributed by atoms with E-state index in [2.05, 4.69) is 15.0 Å². The van der Waals surface area contributed by atoms with Gasteiger partial charge in [-0.2, -0.15) is 4.98 Å². The summed E-state index contributed by atoms with van der Waals surface area (Å²) in [5.74, 6) is -0.385. The number of carbonyl (C=O) groups excluding carboxylic acids is 1. The molecule has 0 spiro atoms. The number of carbonyl (C=O) groups is 1. The molecule has 0 radical (unpaired) electrons. The van der Waals surface area contributed by atoms with Crippen molar-refractivity contribution >= 4 is 45.1 Å². The number of halogens is 2. The van der Waals surface area contributed by atoms with E-state index >= 15 is 4.39 Å². The Hall–Kier alpha value is -3.40. The molecule has 10 heteroatoms. The molecule has 2 aromatic heterocycles. The normalized spacial score (nSPS) is 18.4. The van der Waals surface area contributed by atoms with Crippen molar-refractivity contribution in [1.82, 2.24) is 15.0 Å². The van der Waals surface area contributed by atoms with Crippen molar-refractivity contribution in [3.8, 4) is 17.0 Å². The van der Waals surface area contributed by atoms with Crippen LogP contribution >= 0.6 is 11.6 Å². The highest BCUT2D eigenvalue weighted by atomic mass is 35.5. The summed E-state index contributed by atoms with van der Waals surface area (Å²) in [6.45, 7) is 5.89. The molecule has 2 N–H and O–H groups in total. The van der Waals surface area contributed by atoms with Gasteiger partial charge in [-0.15, -0.1) is 0 Å². The van der Waals surface area contributed by atoms with Gasteiger partial charge in [0.25, 0.3) is 0 Å². The van der Waals surface area contributed by atoms with Crippen LogP contribution in [0.5, 0.6) is 5.75 Å². The van der Waals surface area contributed by atoms with Gasteiger partial charge in [-0.3, -0.25) is 9.78 Å². The number of rotatable bonds is 4. The molecule has 3 heterocycles. The average molecular weight is 553 g/mol. The molecule has 1 atom stereocenters. The van der Waals surface area contributed by atoms with Crippen molar-refractivity contribution in [1.29, 1.82) is 0 Å². The van der Waals surface area contributed by atoms with E-state index in [1.807, 2.05) is 29.2 Å². The van der Waals surface area contributed by atoms with Crippen molar-refractivity contribution in [2.75, 3.05) is 24.6 Å². The van der Waals surface area contributed by atoms with E-state index in [-0.39, 0.29) is 28.9 Å². The zero-order valence-electron chi connectivity index (χ0n) is 22.0. The van der Waals surface area contributed by atoms with Crippen LogP contribution in [0.3, 0.4) is 0 Å². The van der Waals surface area contributed by atoms with Gasteiger partial charge >= 0.3 is 5.97 Å². The van der Waals surface area contributed by atoms with Gasteiger partial charge in [-0.05, 0) is 74.5 Å². The molecule has 2 aromatic carbocycles. The number of fused-ring (bicyclic) bond motifs is 2. The summed E-state index contributed by atoms with van der Waals surface area (Å²) < 4.78 is 21.9. The van der Waals surface area contributed by atoms with Crippen LogP contribution in [0.15, 0.2) is 42.6 Å². The first kappa shape index (κ1) is 27.2. The van der Waals surface area contributed by atoms with E-state index in [1.165, 1.54) is 6.20 Å². The van der Waals surface area contributed by atoms with E-state index < -0.39 is 22.8 Å². The lowest BCUT2D eigenvalue weighted by atomic mass is 9.96. The van der Waals surface area contributed by atoms with Crippen LogP contribution in [0, 0.1) is 11.2 Å². The first-order valence-corrected chi connectivity index (χ1v) is 13.2. The molecule has 0 saturated carbocycles. The minimum absolute atomic E-state index is 0.0119. The van der Waals surface area contributed by atoms with Crippen molar-refractivity contribution < 1.29 is 24.1 Å². The van der Waals surface area contributed by atoms with Crippen molar-refractivity contribution in [2.45, 2.75) is 45.6 Å². The van der Waals surface area contributed by atoms with Crippen molar-refractivity contribution in [3.05, 3.63) is 53.7 Å². The Balaban J connectivity index is 1.63. The third kappa shape index (κ3) is 5.39. The summed E-state index contributed by atoms with van der Waals surface area (Å²) in [6, 6.07) is 10.8. The molecule has 0 amide bonds. The highest BCUT2D eigenvalue weighted by Gasteiger charge is 2.31. The second-order valence-electron chi connectivity index (χ2n) is 11.1. The summed E-state index contributed by atoms with van der Waals surface area (Å²) in [5, 5.41) is 21.9. The number of hydrogen-bond donors (Lipinski definition) is 2. The highest BCUT2D eigenvalue weighted by molar-refractivity contribution is 6.28. The number of ether oxygens (including phenoxy) is 1. The fraction of sp³-hybridized carbons (Fsp3) is 0.379. The van der Waals surface area contributed by atoms with Gasteiger partial charge in [0.2, 0.25) is 5.28 Å². The van der Waals surface area contributed by atoms with Crippen LogP contribution < -0.4 is 9.64 Å². The van der Waals surface area contributed by atoms with Crippen LogP contribution in [0.1, 0.15) is 40.0 Å². The quantitative estimate of drug-likeness (QED) is 0.199. The fourth-order valence-corrected chi connectivity index (χ4v) is 4.96. The van der Waals surface area contributed by atoms with Crippen LogP contribution in [0.4, 0.5) is 10.2 Å². The predicted octanol–water partition coefficient (Wildman–Crippen LogP) is 5.30. The number of pyridine rings is 1. The molecular formula is C29H30ClFN4O4. The Morgan fingerprint density at radius 1 is 1.15 bits per heavy atom. The maximum absolute atomic E-state index is 16.2. The molecule has 1 aliphatic heterocycles. The molecular weight excluding hydrogens is 523 g/mol. The van der Waals surface area contributed by atoms with Gasteiger partial charge in [0.05, 0.1) is 23.0 Å². The third-order valence-corrected chi connectivity index (χ3v) is 7.23. The Morgan fingerprint density at radius 3 is 2.67 bits per heavy atom. The Bertz CT molecular complexity index is 1580. The number of nitrogens with zero attached hydrogens (tertiary/aromatic N) is 4. The zero-order valence-corrected chi connectivity index (χ0v) is 22.8. The molecule has 1 unspecified atom stereocenters. The third-order valence-electron chi connectivity index (χ3n) is 7.06. The molecule has 204 valence electrons. The largest absolute Gasteiger partial charge is 0.426 e. The molecule has 39 heavy (non-hydrogen) atoms. The number of aromatic nitrogens is 3. The molecule has 1 fully saturated rings. The molecule has 1 aliphatic rings. The predicted molar refractivity (Wildman–Crippen MR) is 148 cm³/mol. The second kappa shape index (κ2) is 10.3.